The number of pyridine rings is 1. The summed E-state index contributed by atoms with van der Waals surface area (Å²) in [6.07, 6.45) is 10.6. The summed E-state index contributed by atoms with van der Waals surface area (Å²) in [4.78, 5) is 22.6. The van der Waals surface area contributed by atoms with Crippen LogP contribution in [0.4, 0.5) is 5.69 Å². The zero-order valence-electron chi connectivity index (χ0n) is 19.3. The minimum atomic E-state index is -0.530. The van der Waals surface area contributed by atoms with Crippen LogP contribution in [0.15, 0.2) is 37.1 Å². The van der Waals surface area contributed by atoms with Gasteiger partial charge in [0.15, 0.2) is 5.65 Å². The molecular weight excluding hydrogens is 436 g/mol. The molecule has 0 saturated carbocycles. The van der Waals surface area contributed by atoms with Gasteiger partial charge in [-0.25, -0.2) is 14.5 Å². The van der Waals surface area contributed by atoms with Crippen molar-refractivity contribution in [2.24, 2.45) is 0 Å². The molecule has 2 atom stereocenters. The largest absolute Gasteiger partial charge is 0.490 e. The summed E-state index contributed by atoms with van der Waals surface area (Å²) in [6.45, 7) is 6.93. The second-order valence-electron chi connectivity index (χ2n) is 9.29. The van der Waals surface area contributed by atoms with E-state index in [0.29, 0.717) is 41.5 Å². The van der Waals surface area contributed by atoms with Crippen molar-refractivity contribution in [1.82, 2.24) is 24.0 Å². The van der Waals surface area contributed by atoms with Crippen LogP contribution in [0.3, 0.4) is 0 Å². The zero-order chi connectivity index (χ0) is 23.4. The molecule has 34 heavy (non-hydrogen) atoms. The van der Waals surface area contributed by atoms with Crippen molar-refractivity contribution < 1.29 is 19.0 Å². The predicted molar refractivity (Wildman–Crippen MR) is 123 cm³/mol. The number of imidazole rings is 1. The van der Waals surface area contributed by atoms with Gasteiger partial charge in [-0.2, -0.15) is 5.10 Å². The van der Waals surface area contributed by atoms with Gasteiger partial charge in [0.05, 0.1) is 42.9 Å². The van der Waals surface area contributed by atoms with Crippen LogP contribution >= 0.6 is 0 Å². The fraction of sp³-hybridized carbons (Fsp3) is 0.417. The van der Waals surface area contributed by atoms with Crippen molar-refractivity contribution in [2.75, 3.05) is 18.5 Å². The summed E-state index contributed by atoms with van der Waals surface area (Å²) in [5.41, 5.74) is 3.42. The first-order chi connectivity index (χ1) is 16.4. The van der Waals surface area contributed by atoms with Crippen LogP contribution in [0.2, 0.25) is 0 Å². The molecule has 2 aliphatic heterocycles. The number of nitrogens with one attached hydrogen (secondary N) is 1. The fourth-order valence-corrected chi connectivity index (χ4v) is 4.67. The van der Waals surface area contributed by atoms with E-state index < -0.39 is 5.60 Å². The molecule has 2 saturated heterocycles. The average Bonchev–Trinajstić information content (AvgIpc) is 3.48. The molecule has 10 heteroatoms. The quantitative estimate of drug-likeness (QED) is 0.486. The van der Waals surface area contributed by atoms with Crippen LogP contribution < -0.4 is 10.1 Å². The highest BCUT2D eigenvalue weighted by Gasteiger charge is 2.47. The van der Waals surface area contributed by atoms with E-state index in [1.54, 1.807) is 29.2 Å². The van der Waals surface area contributed by atoms with Crippen LogP contribution in [0.1, 0.15) is 48.3 Å². The van der Waals surface area contributed by atoms with E-state index in [9.17, 15) is 4.79 Å². The Bertz CT molecular complexity index is 1410. The topological polar surface area (TPSA) is 104 Å². The van der Waals surface area contributed by atoms with Crippen molar-refractivity contribution in [3.05, 3.63) is 53.9 Å². The summed E-state index contributed by atoms with van der Waals surface area (Å²) in [5, 5.41) is 7.22. The number of hydrogen-bond donors (Lipinski definition) is 1. The first-order valence-corrected chi connectivity index (χ1v) is 11.5. The van der Waals surface area contributed by atoms with E-state index in [4.69, 9.17) is 19.2 Å². The lowest BCUT2D eigenvalue weighted by molar-refractivity contribution is -0.0597. The fourth-order valence-electron chi connectivity index (χ4n) is 4.67. The van der Waals surface area contributed by atoms with E-state index in [-0.39, 0.29) is 18.1 Å². The minimum Gasteiger partial charge on any atom is -0.490 e. The predicted octanol–water partition coefficient (Wildman–Crippen LogP) is 3.13. The number of carbonyl (C=O) groups excluding carboxylic acids is 1. The summed E-state index contributed by atoms with van der Waals surface area (Å²) >= 11 is 0. The maximum atomic E-state index is 13.4. The normalized spacial score (nSPS) is 22.1. The van der Waals surface area contributed by atoms with E-state index in [0.717, 1.165) is 24.1 Å². The summed E-state index contributed by atoms with van der Waals surface area (Å²) < 4.78 is 21.5. The molecule has 6 heterocycles. The molecule has 0 aromatic carbocycles. The third kappa shape index (κ3) is 3.50. The van der Waals surface area contributed by atoms with E-state index in [2.05, 4.69) is 15.4 Å². The number of fused-ring (bicyclic) bond motifs is 4. The number of carbonyl (C=O) groups is 1. The number of hydrogen-bond acceptors (Lipinski definition) is 7. The van der Waals surface area contributed by atoms with Crippen LogP contribution in [-0.4, -0.2) is 55.3 Å². The van der Waals surface area contributed by atoms with Crippen molar-refractivity contribution in [3.63, 3.8) is 0 Å². The highest BCUT2D eigenvalue weighted by molar-refractivity contribution is 6.07. The van der Waals surface area contributed by atoms with E-state index in [1.165, 1.54) is 0 Å². The lowest BCUT2D eigenvalue weighted by atomic mass is 9.93. The molecule has 176 valence electrons. The Labute approximate surface area is 195 Å². The van der Waals surface area contributed by atoms with Gasteiger partial charge in [-0.3, -0.25) is 4.79 Å². The first-order valence-electron chi connectivity index (χ1n) is 11.5. The molecule has 1 N–H and O–H groups in total. The van der Waals surface area contributed by atoms with Gasteiger partial charge in [-0.1, -0.05) is 0 Å². The lowest BCUT2D eigenvalue weighted by Crippen LogP contribution is -2.34. The molecule has 2 bridgehead atoms. The molecular formula is C24H26N6O4. The Morgan fingerprint density at radius 3 is 3.03 bits per heavy atom. The van der Waals surface area contributed by atoms with Crippen molar-refractivity contribution in [3.8, 4) is 5.75 Å². The number of aryl methyl sites for hydroxylation is 1. The third-order valence-electron chi connectivity index (χ3n) is 6.29. The van der Waals surface area contributed by atoms with E-state index >= 15 is 0 Å². The summed E-state index contributed by atoms with van der Waals surface area (Å²) in [6, 6.07) is 1.79. The molecule has 10 nitrogen and oxygen atoms in total. The molecule has 6 rings (SSSR count). The molecule has 2 fully saturated rings. The highest BCUT2D eigenvalue weighted by Crippen LogP contribution is 2.42. The Kier molecular flexibility index (Phi) is 4.82. The number of ether oxygens (including phenoxy) is 3. The summed E-state index contributed by atoms with van der Waals surface area (Å²) in [7, 11) is 0. The van der Waals surface area contributed by atoms with Crippen LogP contribution in [0.25, 0.3) is 11.3 Å². The molecule has 1 amide bonds. The Balaban J connectivity index is 1.38. The smallest absolute Gasteiger partial charge is 0.261 e. The van der Waals surface area contributed by atoms with E-state index in [1.807, 2.05) is 37.6 Å². The number of amides is 1. The van der Waals surface area contributed by atoms with Crippen LogP contribution in [0.5, 0.6) is 5.75 Å². The number of anilines is 1. The first kappa shape index (κ1) is 21.1. The molecule has 4 aromatic heterocycles. The molecule has 0 spiro atoms. The van der Waals surface area contributed by atoms with Crippen molar-refractivity contribution in [1.29, 1.82) is 0 Å². The maximum absolute atomic E-state index is 13.4. The van der Waals surface area contributed by atoms with Gasteiger partial charge in [-0.15, -0.1) is 0 Å². The highest BCUT2D eigenvalue weighted by atomic mass is 16.6. The second-order valence-corrected chi connectivity index (χ2v) is 9.29. The molecule has 2 aliphatic rings. The number of rotatable bonds is 5. The second kappa shape index (κ2) is 7.78. The Morgan fingerprint density at radius 2 is 2.18 bits per heavy atom. The standard InChI is InChI=1S/C24H26N6O4/c1-14(2)34-19-6-21-28-20(24-7-16(32-13-24)4-5-33-24)12-29(21)11-17(19)23(31)27-18-9-26-30-10-15(3)8-25-22(18)30/h6,8-12,14,16H,4-5,7,13H2,1-3H3,(H,27,31)/t16-,24+/m1/s1. The number of nitrogens with zero attached hydrogens (tertiary/aromatic N) is 5. The van der Waals surface area contributed by atoms with Gasteiger partial charge in [-0.05, 0) is 32.8 Å². The van der Waals surface area contributed by atoms with Crippen LogP contribution in [-0.2, 0) is 15.1 Å². The van der Waals surface area contributed by atoms with Crippen LogP contribution in [0, 0.1) is 6.92 Å². The molecule has 0 radical (unpaired) electrons. The molecule has 4 aromatic rings. The minimum absolute atomic E-state index is 0.116. The van der Waals surface area contributed by atoms with Gasteiger partial charge >= 0.3 is 0 Å². The molecule has 0 unspecified atom stereocenters. The van der Waals surface area contributed by atoms with Gasteiger partial charge in [0.1, 0.15) is 22.7 Å². The van der Waals surface area contributed by atoms with Gasteiger partial charge in [0.2, 0.25) is 0 Å². The van der Waals surface area contributed by atoms with Crippen molar-refractivity contribution in [2.45, 2.75) is 51.4 Å². The molecule has 0 aliphatic carbocycles. The summed E-state index contributed by atoms with van der Waals surface area (Å²) in [5.74, 6) is 0.140. The Hall–Kier alpha value is -3.50. The van der Waals surface area contributed by atoms with Gasteiger partial charge in [0.25, 0.3) is 5.91 Å². The van der Waals surface area contributed by atoms with Gasteiger partial charge in [0, 0.05) is 37.3 Å². The van der Waals surface area contributed by atoms with Gasteiger partial charge < -0.3 is 23.9 Å². The van der Waals surface area contributed by atoms with Crippen molar-refractivity contribution >= 4 is 22.9 Å². The Morgan fingerprint density at radius 1 is 1.29 bits per heavy atom. The number of aromatic nitrogens is 5. The maximum Gasteiger partial charge on any atom is 0.261 e. The monoisotopic (exact) mass is 462 g/mol. The lowest BCUT2D eigenvalue weighted by Gasteiger charge is -2.29. The third-order valence-corrected chi connectivity index (χ3v) is 6.29. The average molecular weight is 463 g/mol. The zero-order valence-corrected chi connectivity index (χ0v) is 19.3. The SMILES string of the molecule is Cc1cnc2c(NC(=O)c3cn4cc([C@]56CO[C@H](CCO5)C6)nc4cc3OC(C)C)cnn2c1.